The van der Waals surface area contributed by atoms with Gasteiger partial charge in [0.2, 0.25) is 0 Å². The van der Waals surface area contributed by atoms with Crippen molar-refractivity contribution in [3.63, 3.8) is 0 Å². The lowest BCUT2D eigenvalue weighted by Crippen LogP contribution is -2.30. The van der Waals surface area contributed by atoms with Crippen LogP contribution in [0.3, 0.4) is 0 Å². The molecule has 134 valence electrons. The van der Waals surface area contributed by atoms with E-state index in [2.05, 4.69) is 44.9 Å². The number of benzene rings is 2. The number of amides is 1. The second-order valence-electron chi connectivity index (χ2n) is 6.50. The molecule has 0 saturated heterocycles. The minimum Gasteiger partial charge on any atom is -0.334 e. The molecule has 0 fully saturated rings. The van der Waals surface area contributed by atoms with E-state index < -0.39 is 0 Å². The van der Waals surface area contributed by atoms with E-state index in [1.165, 1.54) is 0 Å². The summed E-state index contributed by atoms with van der Waals surface area (Å²) in [7, 11) is 1.80. The van der Waals surface area contributed by atoms with Crippen molar-refractivity contribution in [3.8, 4) is 5.69 Å². The molecule has 2 aromatic carbocycles. The van der Waals surface area contributed by atoms with Crippen molar-refractivity contribution in [3.05, 3.63) is 90.5 Å². The van der Waals surface area contributed by atoms with E-state index in [1.807, 2.05) is 37.5 Å². The fourth-order valence-electron chi connectivity index (χ4n) is 3.15. The second kappa shape index (κ2) is 7.03. The van der Waals surface area contributed by atoms with Crippen molar-refractivity contribution >= 4 is 16.9 Å². The molecule has 4 aromatic rings. The number of fused-ring (bicyclic) bond motifs is 1. The Kier molecular flexibility index (Phi) is 4.42. The summed E-state index contributed by atoms with van der Waals surface area (Å²) in [6.45, 7) is 2.02. The van der Waals surface area contributed by atoms with Crippen LogP contribution in [0.15, 0.2) is 79.3 Å². The molecular weight excluding hydrogens is 336 g/mol. The third-order valence-corrected chi connectivity index (χ3v) is 4.89. The number of pyridine rings is 1. The van der Waals surface area contributed by atoms with Crippen molar-refractivity contribution < 1.29 is 4.79 Å². The predicted octanol–water partition coefficient (Wildman–Crippen LogP) is 4.25. The quantitative estimate of drug-likeness (QED) is 0.549. The predicted molar refractivity (Wildman–Crippen MR) is 106 cm³/mol. The van der Waals surface area contributed by atoms with Gasteiger partial charge >= 0.3 is 0 Å². The number of nitrogens with zero attached hydrogens (tertiary/aromatic N) is 4. The van der Waals surface area contributed by atoms with E-state index in [0.29, 0.717) is 5.69 Å². The van der Waals surface area contributed by atoms with Gasteiger partial charge in [0, 0.05) is 18.9 Å². The molecule has 4 rings (SSSR count). The fourth-order valence-corrected chi connectivity index (χ4v) is 3.15. The Labute approximate surface area is 157 Å². The summed E-state index contributed by atoms with van der Waals surface area (Å²) in [5.41, 5.74) is 4.60. The zero-order chi connectivity index (χ0) is 18.8. The summed E-state index contributed by atoms with van der Waals surface area (Å²) < 4.78 is 2.06. The third-order valence-electron chi connectivity index (χ3n) is 4.89. The van der Waals surface area contributed by atoms with E-state index >= 15 is 0 Å². The highest BCUT2D eigenvalue weighted by molar-refractivity contribution is 5.92. The zero-order valence-corrected chi connectivity index (χ0v) is 15.3. The molecule has 0 aliphatic carbocycles. The summed E-state index contributed by atoms with van der Waals surface area (Å²) in [6.07, 6.45) is 3.47. The minimum absolute atomic E-state index is 0.0620. The van der Waals surface area contributed by atoms with Gasteiger partial charge in [0.1, 0.15) is 12.0 Å². The molecule has 0 N–H and O–H groups in total. The Bertz CT molecular complexity index is 1070. The lowest BCUT2D eigenvalue weighted by molar-refractivity contribution is 0.0736. The standard InChI is InChI=1S/C22H20N4O/c1-16(25(2)22(27)20-8-5-6-14-23-20)17-10-12-18(13-11-17)26-15-24-19-7-3-4-9-21(19)26/h3-16H,1-2H3. The average Bonchev–Trinajstić information content (AvgIpc) is 3.17. The largest absolute Gasteiger partial charge is 0.334 e. The highest BCUT2D eigenvalue weighted by Gasteiger charge is 2.19. The van der Waals surface area contributed by atoms with E-state index in [4.69, 9.17) is 0 Å². The summed E-state index contributed by atoms with van der Waals surface area (Å²) in [5.74, 6) is -0.0900. The first kappa shape index (κ1) is 17.0. The molecule has 1 unspecified atom stereocenters. The van der Waals surface area contributed by atoms with Crippen molar-refractivity contribution in [2.75, 3.05) is 7.05 Å². The maximum Gasteiger partial charge on any atom is 0.272 e. The van der Waals surface area contributed by atoms with Crippen LogP contribution in [0, 0.1) is 0 Å². The molecular formula is C22H20N4O. The van der Waals surface area contributed by atoms with Gasteiger partial charge in [-0.2, -0.15) is 0 Å². The normalized spacial score (nSPS) is 12.1. The first-order chi connectivity index (χ1) is 13.1. The van der Waals surface area contributed by atoms with E-state index in [-0.39, 0.29) is 11.9 Å². The van der Waals surface area contributed by atoms with Crippen LogP contribution in [-0.4, -0.2) is 32.4 Å². The molecule has 0 radical (unpaired) electrons. The van der Waals surface area contributed by atoms with Gasteiger partial charge in [-0.1, -0.05) is 30.3 Å². The van der Waals surface area contributed by atoms with Gasteiger partial charge in [-0.15, -0.1) is 0 Å². The molecule has 5 heteroatoms. The van der Waals surface area contributed by atoms with Gasteiger partial charge in [0.15, 0.2) is 0 Å². The number of para-hydroxylation sites is 2. The summed E-state index contributed by atoms with van der Waals surface area (Å²) in [6, 6.07) is 21.6. The van der Waals surface area contributed by atoms with Crippen molar-refractivity contribution in [1.82, 2.24) is 19.4 Å². The van der Waals surface area contributed by atoms with Gasteiger partial charge in [-0.25, -0.2) is 4.98 Å². The highest BCUT2D eigenvalue weighted by Crippen LogP contribution is 2.23. The molecule has 1 amide bonds. The van der Waals surface area contributed by atoms with Gasteiger partial charge < -0.3 is 4.90 Å². The lowest BCUT2D eigenvalue weighted by atomic mass is 10.1. The van der Waals surface area contributed by atoms with Crippen LogP contribution in [0.5, 0.6) is 0 Å². The average molecular weight is 356 g/mol. The van der Waals surface area contributed by atoms with Crippen molar-refractivity contribution in [2.24, 2.45) is 0 Å². The molecule has 0 bridgehead atoms. The Morgan fingerprint density at radius 2 is 1.70 bits per heavy atom. The van der Waals surface area contributed by atoms with Crippen LogP contribution < -0.4 is 0 Å². The van der Waals surface area contributed by atoms with Gasteiger partial charge in [-0.3, -0.25) is 14.3 Å². The zero-order valence-electron chi connectivity index (χ0n) is 15.3. The molecule has 27 heavy (non-hydrogen) atoms. The Morgan fingerprint density at radius 3 is 2.44 bits per heavy atom. The first-order valence-electron chi connectivity index (χ1n) is 8.86. The summed E-state index contributed by atoms with van der Waals surface area (Å²) in [4.78, 5) is 22.9. The maximum atomic E-state index is 12.6. The van der Waals surface area contributed by atoms with E-state index in [0.717, 1.165) is 22.3 Å². The van der Waals surface area contributed by atoms with Crippen LogP contribution in [0.4, 0.5) is 0 Å². The molecule has 2 heterocycles. The number of aromatic nitrogens is 3. The Balaban J connectivity index is 1.57. The monoisotopic (exact) mass is 356 g/mol. The maximum absolute atomic E-state index is 12.6. The molecule has 0 saturated carbocycles. The number of carbonyl (C=O) groups excluding carboxylic acids is 1. The van der Waals surface area contributed by atoms with E-state index in [1.54, 1.807) is 30.3 Å². The third kappa shape index (κ3) is 3.19. The lowest BCUT2D eigenvalue weighted by Gasteiger charge is -2.25. The smallest absolute Gasteiger partial charge is 0.272 e. The van der Waals surface area contributed by atoms with Crippen molar-refractivity contribution in [2.45, 2.75) is 13.0 Å². The molecule has 0 spiro atoms. The summed E-state index contributed by atoms with van der Waals surface area (Å²) >= 11 is 0. The second-order valence-corrected chi connectivity index (χ2v) is 6.50. The topological polar surface area (TPSA) is 51.0 Å². The first-order valence-corrected chi connectivity index (χ1v) is 8.86. The van der Waals surface area contributed by atoms with E-state index in [9.17, 15) is 4.79 Å². The molecule has 0 aliphatic heterocycles. The molecule has 2 aromatic heterocycles. The van der Waals surface area contributed by atoms with Crippen molar-refractivity contribution in [1.29, 1.82) is 0 Å². The number of carbonyl (C=O) groups is 1. The number of imidazole rings is 1. The van der Waals surface area contributed by atoms with Crippen LogP contribution in [0.25, 0.3) is 16.7 Å². The molecule has 1 atom stereocenters. The fraction of sp³-hybridized carbons (Fsp3) is 0.136. The molecule has 5 nitrogen and oxygen atoms in total. The van der Waals surface area contributed by atoms with Gasteiger partial charge in [0.05, 0.1) is 17.1 Å². The molecule has 0 aliphatic rings. The van der Waals surface area contributed by atoms with Gasteiger partial charge in [-0.05, 0) is 48.9 Å². The number of hydrogen-bond acceptors (Lipinski definition) is 3. The SMILES string of the molecule is CC(c1ccc(-n2cnc3ccccc32)cc1)N(C)C(=O)c1ccccn1. The Morgan fingerprint density at radius 1 is 0.963 bits per heavy atom. The van der Waals surface area contributed by atoms with Crippen LogP contribution in [-0.2, 0) is 0 Å². The number of rotatable bonds is 4. The van der Waals surface area contributed by atoms with Gasteiger partial charge in [0.25, 0.3) is 5.91 Å². The number of hydrogen-bond donors (Lipinski definition) is 0. The Hall–Kier alpha value is -3.47. The van der Waals surface area contributed by atoms with Crippen LogP contribution in [0.2, 0.25) is 0 Å². The van der Waals surface area contributed by atoms with Crippen LogP contribution in [0.1, 0.15) is 29.0 Å². The highest BCUT2D eigenvalue weighted by atomic mass is 16.2. The van der Waals surface area contributed by atoms with Crippen LogP contribution >= 0.6 is 0 Å². The minimum atomic E-state index is -0.0900. The summed E-state index contributed by atoms with van der Waals surface area (Å²) in [5, 5.41) is 0.